The van der Waals surface area contributed by atoms with Crippen LogP contribution in [0.15, 0.2) is 54.6 Å². The van der Waals surface area contributed by atoms with Crippen LogP contribution in [0, 0.1) is 0 Å². The summed E-state index contributed by atoms with van der Waals surface area (Å²) in [5, 5.41) is 6.46. The number of ether oxygens (including phenoxy) is 1. The Morgan fingerprint density at radius 2 is 1.87 bits per heavy atom. The van der Waals surface area contributed by atoms with Gasteiger partial charge in [-0.15, -0.1) is 0 Å². The van der Waals surface area contributed by atoms with Crippen LogP contribution in [0.25, 0.3) is 0 Å². The molecule has 2 N–H and O–H groups in total. The van der Waals surface area contributed by atoms with E-state index in [4.69, 9.17) is 4.74 Å². The number of carbonyl (C=O) groups is 2. The molecular formula is C24H29N3O3. The third kappa shape index (κ3) is 3.92. The number of rotatable bonds is 4. The van der Waals surface area contributed by atoms with E-state index in [0.717, 1.165) is 11.3 Å². The number of hydrogen-bond donors (Lipinski definition) is 2. The van der Waals surface area contributed by atoms with Crippen molar-refractivity contribution in [3.05, 3.63) is 65.7 Å². The SMILES string of the molecule is CC(C)(C)OC(=O)N1C[C@@]2(C[C@@H]1CNCc1ccccc1)C(=O)Nc1ccccc12. The zero-order valence-electron chi connectivity index (χ0n) is 17.8. The highest BCUT2D eigenvalue weighted by atomic mass is 16.6. The summed E-state index contributed by atoms with van der Waals surface area (Å²) in [5.74, 6) is -0.0391. The van der Waals surface area contributed by atoms with E-state index in [-0.39, 0.29) is 18.0 Å². The van der Waals surface area contributed by atoms with E-state index in [2.05, 4.69) is 22.8 Å². The Morgan fingerprint density at radius 1 is 1.17 bits per heavy atom. The van der Waals surface area contributed by atoms with Crippen LogP contribution >= 0.6 is 0 Å². The first kappa shape index (κ1) is 20.4. The Hall–Kier alpha value is -2.86. The fourth-order valence-corrected chi connectivity index (χ4v) is 4.43. The number of fused-ring (bicyclic) bond motifs is 2. The summed E-state index contributed by atoms with van der Waals surface area (Å²) in [6, 6.07) is 17.8. The van der Waals surface area contributed by atoms with Gasteiger partial charge in [0.25, 0.3) is 0 Å². The van der Waals surface area contributed by atoms with Gasteiger partial charge in [-0.05, 0) is 44.4 Å². The number of nitrogens with one attached hydrogen (secondary N) is 2. The molecule has 0 unspecified atom stereocenters. The molecule has 0 radical (unpaired) electrons. The lowest BCUT2D eigenvalue weighted by molar-refractivity contribution is -0.120. The van der Waals surface area contributed by atoms with E-state index in [1.807, 2.05) is 63.2 Å². The number of hydrogen-bond acceptors (Lipinski definition) is 4. The zero-order valence-corrected chi connectivity index (χ0v) is 17.8. The molecule has 0 bridgehead atoms. The number of para-hydroxylation sites is 1. The number of carbonyl (C=O) groups excluding carboxylic acids is 2. The minimum atomic E-state index is -0.730. The summed E-state index contributed by atoms with van der Waals surface area (Å²) in [5.41, 5.74) is 1.66. The largest absolute Gasteiger partial charge is 0.444 e. The van der Waals surface area contributed by atoms with Crippen molar-refractivity contribution in [3.63, 3.8) is 0 Å². The topological polar surface area (TPSA) is 70.7 Å². The first-order valence-corrected chi connectivity index (χ1v) is 10.4. The Bertz CT molecular complexity index is 938. The number of benzene rings is 2. The molecule has 2 aliphatic heterocycles. The molecule has 0 saturated carbocycles. The average molecular weight is 408 g/mol. The van der Waals surface area contributed by atoms with Gasteiger partial charge >= 0.3 is 6.09 Å². The highest BCUT2D eigenvalue weighted by molar-refractivity contribution is 6.07. The first-order chi connectivity index (χ1) is 14.3. The van der Waals surface area contributed by atoms with Crippen LogP contribution < -0.4 is 10.6 Å². The van der Waals surface area contributed by atoms with Crippen molar-refractivity contribution in [2.75, 3.05) is 18.4 Å². The lowest BCUT2D eigenvalue weighted by Gasteiger charge is -2.29. The lowest BCUT2D eigenvalue weighted by Crippen LogP contribution is -2.44. The molecule has 1 fully saturated rings. The first-order valence-electron chi connectivity index (χ1n) is 10.4. The molecule has 1 saturated heterocycles. The fraction of sp³-hybridized carbons (Fsp3) is 0.417. The molecule has 158 valence electrons. The lowest BCUT2D eigenvalue weighted by atomic mass is 9.79. The van der Waals surface area contributed by atoms with Gasteiger partial charge < -0.3 is 20.3 Å². The van der Waals surface area contributed by atoms with Gasteiger partial charge in [0.2, 0.25) is 5.91 Å². The minimum Gasteiger partial charge on any atom is -0.444 e. The summed E-state index contributed by atoms with van der Waals surface area (Å²) in [6.45, 7) is 7.19. The van der Waals surface area contributed by atoms with E-state index in [0.29, 0.717) is 26.1 Å². The normalized spacial score (nSPS) is 22.8. The maximum absolute atomic E-state index is 13.0. The van der Waals surface area contributed by atoms with Crippen LogP contribution in [0.5, 0.6) is 0 Å². The minimum absolute atomic E-state index is 0.0391. The van der Waals surface area contributed by atoms with Crippen LogP contribution in [0.4, 0.5) is 10.5 Å². The van der Waals surface area contributed by atoms with E-state index >= 15 is 0 Å². The average Bonchev–Trinajstić information content (AvgIpc) is 3.21. The van der Waals surface area contributed by atoms with Gasteiger partial charge in [-0.25, -0.2) is 4.79 Å². The summed E-state index contributed by atoms with van der Waals surface area (Å²) >= 11 is 0. The predicted octanol–water partition coefficient (Wildman–Crippen LogP) is 3.68. The van der Waals surface area contributed by atoms with Gasteiger partial charge in [0.15, 0.2) is 0 Å². The van der Waals surface area contributed by atoms with Crippen molar-refractivity contribution in [2.24, 2.45) is 0 Å². The van der Waals surface area contributed by atoms with Gasteiger partial charge in [-0.3, -0.25) is 4.79 Å². The second-order valence-corrected chi connectivity index (χ2v) is 9.16. The number of likely N-dealkylation sites (tertiary alicyclic amines) is 1. The number of nitrogens with zero attached hydrogens (tertiary/aromatic N) is 1. The quantitative estimate of drug-likeness (QED) is 0.811. The van der Waals surface area contributed by atoms with Gasteiger partial charge in [0.1, 0.15) is 5.60 Å². The molecule has 0 aromatic heterocycles. The summed E-state index contributed by atoms with van der Waals surface area (Å²) < 4.78 is 5.67. The maximum atomic E-state index is 13.0. The summed E-state index contributed by atoms with van der Waals surface area (Å²) in [4.78, 5) is 27.8. The highest BCUT2D eigenvalue weighted by Gasteiger charge is 2.56. The Morgan fingerprint density at radius 3 is 2.60 bits per heavy atom. The molecule has 1 spiro atoms. The van der Waals surface area contributed by atoms with Crippen molar-refractivity contribution in [1.29, 1.82) is 0 Å². The van der Waals surface area contributed by atoms with Crippen LogP contribution in [-0.4, -0.2) is 41.6 Å². The molecule has 6 heteroatoms. The van der Waals surface area contributed by atoms with Crippen molar-refractivity contribution in [2.45, 2.75) is 50.8 Å². The molecule has 2 atom stereocenters. The van der Waals surface area contributed by atoms with Gasteiger partial charge in [-0.1, -0.05) is 48.5 Å². The highest BCUT2D eigenvalue weighted by Crippen LogP contribution is 2.46. The molecule has 2 aromatic rings. The summed E-state index contributed by atoms with van der Waals surface area (Å²) in [6.07, 6.45) is 0.194. The standard InChI is InChI=1S/C24H29N3O3/c1-23(2,3)30-22(29)27-16-24(19-11-7-8-12-20(19)26-21(24)28)13-18(27)15-25-14-17-9-5-4-6-10-17/h4-12,18,25H,13-16H2,1-3H3,(H,26,28)/t18-,24-/m1/s1. The van der Waals surface area contributed by atoms with Crippen molar-refractivity contribution < 1.29 is 14.3 Å². The molecule has 2 aliphatic rings. The molecular weight excluding hydrogens is 378 g/mol. The van der Waals surface area contributed by atoms with E-state index < -0.39 is 11.0 Å². The predicted molar refractivity (Wildman–Crippen MR) is 116 cm³/mol. The third-order valence-electron chi connectivity index (χ3n) is 5.77. The van der Waals surface area contributed by atoms with E-state index in [1.165, 1.54) is 5.56 Å². The van der Waals surface area contributed by atoms with Crippen molar-refractivity contribution in [3.8, 4) is 0 Å². The molecule has 2 heterocycles. The second-order valence-electron chi connectivity index (χ2n) is 9.16. The van der Waals surface area contributed by atoms with Crippen LogP contribution in [-0.2, 0) is 21.5 Å². The molecule has 2 amide bonds. The monoisotopic (exact) mass is 407 g/mol. The van der Waals surface area contributed by atoms with Gasteiger partial charge in [0.05, 0.1) is 5.41 Å². The molecule has 6 nitrogen and oxygen atoms in total. The molecule has 0 aliphatic carbocycles. The fourth-order valence-electron chi connectivity index (χ4n) is 4.43. The van der Waals surface area contributed by atoms with Crippen molar-refractivity contribution in [1.82, 2.24) is 10.2 Å². The summed E-state index contributed by atoms with van der Waals surface area (Å²) in [7, 11) is 0. The van der Waals surface area contributed by atoms with Gasteiger partial charge in [0, 0.05) is 31.4 Å². The zero-order chi connectivity index (χ0) is 21.4. The number of amides is 2. The van der Waals surface area contributed by atoms with E-state index in [1.54, 1.807) is 4.90 Å². The van der Waals surface area contributed by atoms with Crippen LogP contribution in [0.3, 0.4) is 0 Å². The second kappa shape index (κ2) is 7.76. The Balaban J connectivity index is 1.56. The van der Waals surface area contributed by atoms with Crippen LogP contribution in [0.2, 0.25) is 0 Å². The van der Waals surface area contributed by atoms with Crippen molar-refractivity contribution >= 4 is 17.7 Å². The number of anilines is 1. The maximum Gasteiger partial charge on any atom is 0.410 e. The smallest absolute Gasteiger partial charge is 0.410 e. The molecule has 4 rings (SSSR count). The third-order valence-corrected chi connectivity index (χ3v) is 5.77. The Kier molecular flexibility index (Phi) is 5.28. The molecule has 2 aromatic carbocycles. The van der Waals surface area contributed by atoms with Gasteiger partial charge in [-0.2, -0.15) is 0 Å². The molecule has 30 heavy (non-hydrogen) atoms. The van der Waals surface area contributed by atoms with E-state index in [9.17, 15) is 9.59 Å². The Labute approximate surface area is 177 Å². The van der Waals surface area contributed by atoms with Crippen LogP contribution in [0.1, 0.15) is 38.3 Å².